The van der Waals surface area contributed by atoms with Gasteiger partial charge >= 0.3 is 0 Å². The van der Waals surface area contributed by atoms with Crippen LogP contribution in [0.15, 0.2) is 58.0 Å². The molecule has 3 aromatic rings. The second-order valence-electron chi connectivity index (χ2n) is 6.10. The van der Waals surface area contributed by atoms with Crippen molar-refractivity contribution in [2.75, 3.05) is 11.9 Å². The normalized spacial score (nSPS) is 14.5. The van der Waals surface area contributed by atoms with Gasteiger partial charge in [-0.25, -0.2) is 13.4 Å². The molecule has 0 aliphatic carbocycles. The van der Waals surface area contributed by atoms with Crippen molar-refractivity contribution >= 4 is 48.3 Å². The van der Waals surface area contributed by atoms with Crippen molar-refractivity contribution in [1.82, 2.24) is 14.3 Å². The molecule has 10 heteroatoms. The first-order chi connectivity index (χ1) is 13.4. The minimum Gasteiger partial charge on any atom is -0.296 e. The van der Waals surface area contributed by atoms with Crippen LogP contribution >= 0.6 is 27.3 Å². The Hall–Kier alpha value is -2.14. The maximum absolute atomic E-state index is 12.9. The van der Waals surface area contributed by atoms with Crippen LogP contribution in [-0.2, 0) is 23.0 Å². The maximum atomic E-state index is 12.9. The first kappa shape index (κ1) is 19.2. The van der Waals surface area contributed by atoms with Crippen molar-refractivity contribution in [1.29, 1.82) is 0 Å². The Morgan fingerprint density at radius 2 is 1.96 bits per heavy atom. The number of nitrogens with one attached hydrogen (secondary N) is 1. The summed E-state index contributed by atoms with van der Waals surface area (Å²) in [5.74, 6) is -0.342. The van der Waals surface area contributed by atoms with Crippen LogP contribution in [0, 0.1) is 0 Å². The number of amides is 1. The molecule has 144 valence electrons. The summed E-state index contributed by atoms with van der Waals surface area (Å²) in [6, 6.07) is 11.7. The molecule has 0 bridgehead atoms. The van der Waals surface area contributed by atoms with Crippen LogP contribution in [-0.4, -0.2) is 35.1 Å². The molecule has 1 aliphatic heterocycles. The molecular weight excluding hydrogens is 464 g/mol. The van der Waals surface area contributed by atoms with E-state index in [9.17, 15) is 13.2 Å². The Balaban J connectivity index is 1.52. The van der Waals surface area contributed by atoms with Gasteiger partial charge in [0.15, 0.2) is 5.13 Å². The summed E-state index contributed by atoms with van der Waals surface area (Å²) in [5, 5.41) is 3.19. The number of benzene rings is 1. The zero-order valence-electron chi connectivity index (χ0n) is 14.5. The van der Waals surface area contributed by atoms with E-state index in [2.05, 4.69) is 31.2 Å². The number of pyridine rings is 1. The second-order valence-corrected chi connectivity index (χ2v) is 10.0. The SMILES string of the molecule is O=C(Nc1nc2c(s1)CN(S(=O)(=O)c1ccc(Br)cc1)CC2)c1ccccn1. The van der Waals surface area contributed by atoms with Crippen LogP contribution in [0.5, 0.6) is 0 Å². The molecule has 0 unspecified atom stereocenters. The molecule has 0 radical (unpaired) electrons. The highest BCUT2D eigenvalue weighted by Gasteiger charge is 2.30. The standard InChI is InChI=1S/C18H15BrN4O3S2/c19-12-4-6-13(7-5-12)28(25,26)23-10-8-14-16(11-23)27-18(21-14)22-17(24)15-3-1-2-9-20-15/h1-7,9H,8,10-11H2,(H,21,22,24). The Morgan fingerprint density at radius 3 is 2.68 bits per heavy atom. The predicted molar refractivity (Wildman–Crippen MR) is 110 cm³/mol. The van der Waals surface area contributed by atoms with Crippen molar-refractivity contribution in [3.05, 3.63) is 69.4 Å². The number of sulfonamides is 1. The third kappa shape index (κ3) is 3.86. The highest BCUT2D eigenvalue weighted by Crippen LogP contribution is 2.31. The summed E-state index contributed by atoms with van der Waals surface area (Å²) in [4.78, 5) is 21.8. The molecule has 0 spiro atoms. The Morgan fingerprint density at radius 1 is 1.18 bits per heavy atom. The quantitative estimate of drug-likeness (QED) is 0.620. The Labute approximate surface area is 174 Å². The molecule has 2 aromatic heterocycles. The number of thiazole rings is 1. The number of aromatic nitrogens is 2. The van der Waals surface area contributed by atoms with Crippen molar-refractivity contribution in [2.24, 2.45) is 0 Å². The van der Waals surface area contributed by atoms with Crippen LogP contribution in [0.2, 0.25) is 0 Å². The number of anilines is 1. The number of carbonyl (C=O) groups is 1. The zero-order chi connectivity index (χ0) is 19.7. The van der Waals surface area contributed by atoms with Crippen LogP contribution in [0.3, 0.4) is 0 Å². The molecule has 1 amide bonds. The van der Waals surface area contributed by atoms with Gasteiger partial charge < -0.3 is 0 Å². The fraction of sp³-hybridized carbons (Fsp3) is 0.167. The maximum Gasteiger partial charge on any atom is 0.276 e. The third-order valence-electron chi connectivity index (χ3n) is 4.27. The van der Waals surface area contributed by atoms with E-state index < -0.39 is 10.0 Å². The summed E-state index contributed by atoms with van der Waals surface area (Å²) < 4.78 is 28.1. The average molecular weight is 479 g/mol. The van der Waals surface area contributed by atoms with E-state index >= 15 is 0 Å². The molecule has 1 N–H and O–H groups in total. The van der Waals surface area contributed by atoms with Crippen molar-refractivity contribution < 1.29 is 13.2 Å². The van der Waals surface area contributed by atoms with Gasteiger partial charge in [0.25, 0.3) is 5.91 Å². The summed E-state index contributed by atoms with van der Waals surface area (Å²) in [5.41, 5.74) is 1.12. The lowest BCUT2D eigenvalue weighted by Gasteiger charge is -2.25. The molecule has 0 saturated heterocycles. The number of carbonyl (C=O) groups excluding carboxylic acids is 1. The zero-order valence-corrected chi connectivity index (χ0v) is 17.7. The van der Waals surface area contributed by atoms with E-state index in [-0.39, 0.29) is 17.3 Å². The molecule has 0 fully saturated rings. The number of hydrogen-bond acceptors (Lipinski definition) is 6. The molecule has 0 saturated carbocycles. The van der Waals surface area contributed by atoms with E-state index in [4.69, 9.17) is 0 Å². The predicted octanol–water partition coefficient (Wildman–Crippen LogP) is 3.30. The van der Waals surface area contributed by atoms with Gasteiger partial charge in [0.05, 0.1) is 17.1 Å². The number of rotatable bonds is 4. The van der Waals surface area contributed by atoms with Gasteiger partial charge in [0, 0.05) is 28.5 Å². The fourth-order valence-corrected chi connectivity index (χ4v) is 5.62. The minimum absolute atomic E-state index is 0.241. The average Bonchev–Trinajstić information content (AvgIpc) is 3.10. The number of halogens is 1. The van der Waals surface area contributed by atoms with Crippen molar-refractivity contribution in [2.45, 2.75) is 17.9 Å². The number of fused-ring (bicyclic) bond motifs is 1. The van der Waals surface area contributed by atoms with Crippen molar-refractivity contribution in [3.8, 4) is 0 Å². The molecule has 0 atom stereocenters. The molecule has 4 rings (SSSR count). The summed E-state index contributed by atoms with van der Waals surface area (Å²) in [6.45, 7) is 0.591. The van der Waals surface area contributed by atoms with Crippen LogP contribution < -0.4 is 5.32 Å². The van der Waals surface area contributed by atoms with Gasteiger partial charge in [-0.2, -0.15) is 4.31 Å². The topological polar surface area (TPSA) is 92.3 Å². The molecular formula is C18H15BrN4O3S2. The van der Waals surface area contributed by atoms with Crippen LogP contribution in [0.1, 0.15) is 21.1 Å². The van der Waals surface area contributed by atoms with Crippen molar-refractivity contribution in [3.63, 3.8) is 0 Å². The van der Waals surface area contributed by atoms with E-state index in [1.165, 1.54) is 15.6 Å². The molecule has 1 aromatic carbocycles. The monoisotopic (exact) mass is 478 g/mol. The largest absolute Gasteiger partial charge is 0.296 e. The Kier molecular flexibility index (Phi) is 5.28. The third-order valence-corrected chi connectivity index (χ3v) is 7.65. The Bertz CT molecular complexity index is 1120. The lowest BCUT2D eigenvalue weighted by Crippen LogP contribution is -2.35. The highest BCUT2D eigenvalue weighted by molar-refractivity contribution is 9.10. The van der Waals surface area contributed by atoms with Crippen LogP contribution in [0.4, 0.5) is 5.13 Å². The summed E-state index contributed by atoms with van der Waals surface area (Å²) in [6.07, 6.45) is 2.05. The van der Waals surface area contributed by atoms with Gasteiger partial charge in [0.2, 0.25) is 10.0 Å². The van der Waals surface area contributed by atoms with E-state index in [0.29, 0.717) is 23.8 Å². The number of hydrogen-bond donors (Lipinski definition) is 1. The van der Waals surface area contributed by atoms with E-state index in [0.717, 1.165) is 15.0 Å². The smallest absolute Gasteiger partial charge is 0.276 e. The number of nitrogens with zero attached hydrogens (tertiary/aromatic N) is 3. The fourth-order valence-electron chi connectivity index (χ4n) is 2.84. The lowest BCUT2D eigenvalue weighted by atomic mass is 10.2. The lowest BCUT2D eigenvalue weighted by molar-refractivity contribution is 0.102. The first-order valence-corrected chi connectivity index (χ1v) is 11.4. The molecule has 1 aliphatic rings. The van der Waals surface area contributed by atoms with Gasteiger partial charge in [-0.3, -0.25) is 15.1 Å². The van der Waals surface area contributed by atoms with Gasteiger partial charge in [0.1, 0.15) is 5.69 Å². The molecule has 28 heavy (non-hydrogen) atoms. The minimum atomic E-state index is -3.58. The van der Waals surface area contributed by atoms with Crippen LogP contribution in [0.25, 0.3) is 0 Å². The van der Waals surface area contributed by atoms with E-state index in [1.54, 1.807) is 48.7 Å². The second kappa shape index (κ2) is 7.70. The van der Waals surface area contributed by atoms with Gasteiger partial charge in [-0.15, -0.1) is 11.3 Å². The van der Waals surface area contributed by atoms with Gasteiger partial charge in [-0.1, -0.05) is 22.0 Å². The highest BCUT2D eigenvalue weighted by atomic mass is 79.9. The first-order valence-electron chi connectivity index (χ1n) is 8.40. The summed E-state index contributed by atoms with van der Waals surface area (Å²) in [7, 11) is -3.58. The van der Waals surface area contributed by atoms with E-state index in [1.807, 2.05) is 0 Å². The van der Waals surface area contributed by atoms with Gasteiger partial charge in [-0.05, 0) is 36.4 Å². The molecule has 3 heterocycles. The summed E-state index contributed by atoms with van der Waals surface area (Å²) >= 11 is 4.61. The molecule has 7 nitrogen and oxygen atoms in total.